The molecule has 5 heteroatoms. The fourth-order valence-corrected chi connectivity index (χ4v) is 3.42. The number of rotatable bonds is 2. The quantitative estimate of drug-likeness (QED) is 0.687. The predicted octanol–water partition coefficient (Wildman–Crippen LogP) is 3.73. The summed E-state index contributed by atoms with van der Waals surface area (Å²) in [4.78, 5) is 7.18. The lowest BCUT2D eigenvalue weighted by molar-refractivity contribution is 0.214. The van der Waals surface area contributed by atoms with Crippen molar-refractivity contribution < 1.29 is 4.74 Å². The maximum atomic E-state index is 5.85. The van der Waals surface area contributed by atoms with Crippen LogP contribution in [0.2, 0.25) is 0 Å². The van der Waals surface area contributed by atoms with Crippen LogP contribution in [-0.2, 0) is 20.1 Å². The fourth-order valence-electron chi connectivity index (χ4n) is 3.07. The molecule has 0 bridgehead atoms. The Morgan fingerprint density at radius 3 is 3.00 bits per heavy atom. The van der Waals surface area contributed by atoms with E-state index in [0.717, 1.165) is 46.7 Å². The predicted molar refractivity (Wildman–Crippen MR) is 94.5 cm³/mol. The van der Waals surface area contributed by atoms with E-state index in [1.807, 2.05) is 18.2 Å². The Labute approximate surface area is 143 Å². The van der Waals surface area contributed by atoms with E-state index in [1.54, 1.807) is 0 Å². The molecule has 23 heavy (non-hydrogen) atoms. The van der Waals surface area contributed by atoms with Crippen LogP contribution >= 0.6 is 15.9 Å². The van der Waals surface area contributed by atoms with E-state index in [9.17, 15) is 0 Å². The molecule has 0 spiro atoms. The minimum Gasteiger partial charge on any atom is -0.492 e. The van der Waals surface area contributed by atoms with Crippen LogP contribution in [-0.4, -0.2) is 27.6 Å². The Morgan fingerprint density at radius 2 is 2.09 bits per heavy atom. The van der Waals surface area contributed by atoms with Crippen LogP contribution in [0.1, 0.15) is 11.4 Å². The number of aromatic nitrogens is 2. The summed E-state index contributed by atoms with van der Waals surface area (Å²) >= 11 is 3.53. The second kappa shape index (κ2) is 5.98. The van der Waals surface area contributed by atoms with E-state index in [4.69, 9.17) is 9.72 Å². The van der Waals surface area contributed by atoms with Crippen molar-refractivity contribution in [2.24, 2.45) is 7.05 Å². The van der Waals surface area contributed by atoms with Gasteiger partial charge in [-0.15, -0.1) is 0 Å². The third-order valence-corrected chi connectivity index (χ3v) is 4.83. The van der Waals surface area contributed by atoms with Crippen molar-refractivity contribution in [2.45, 2.75) is 13.1 Å². The molecule has 0 saturated heterocycles. The molecule has 2 heterocycles. The maximum absolute atomic E-state index is 5.85. The molecule has 3 aromatic rings. The second-order valence-electron chi connectivity index (χ2n) is 5.89. The van der Waals surface area contributed by atoms with Gasteiger partial charge in [0, 0.05) is 30.2 Å². The van der Waals surface area contributed by atoms with Crippen LogP contribution in [0.3, 0.4) is 0 Å². The van der Waals surface area contributed by atoms with Crippen molar-refractivity contribution in [1.29, 1.82) is 0 Å². The first kappa shape index (κ1) is 14.7. The number of hydrogen-bond donors (Lipinski definition) is 0. The van der Waals surface area contributed by atoms with Crippen LogP contribution in [0, 0.1) is 0 Å². The summed E-state index contributed by atoms with van der Waals surface area (Å²) in [5, 5.41) is 0. The molecule has 0 N–H and O–H groups in total. The molecule has 2 aromatic carbocycles. The summed E-state index contributed by atoms with van der Waals surface area (Å²) < 4.78 is 9.10. The maximum Gasteiger partial charge on any atom is 0.123 e. The highest BCUT2D eigenvalue weighted by atomic mass is 79.9. The SMILES string of the molecule is Cn1c(CN2CCOc3ccccc3C2)nc2ccc(Br)cc21. The largest absolute Gasteiger partial charge is 0.492 e. The number of aryl methyl sites for hydroxylation is 1. The van der Waals surface area contributed by atoms with E-state index in [1.165, 1.54) is 5.56 Å². The van der Waals surface area contributed by atoms with E-state index < -0.39 is 0 Å². The number of ether oxygens (including phenoxy) is 1. The molecule has 0 atom stereocenters. The molecule has 0 radical (unpaired) electrons. The summed E-state index contributed by atoms with van der Waals surface area (Å²) in [5.74, 6) is 2.08. The lowest BCUT2D eigenvalue weighted by Crippen LogP contribution is -2.26. The number of fused-ring (bicyclic) bond motifs is 2. The smallest absolute Gasteiger partial charge is 0.123 e. The molecule has 4 rings (SSSR count). The molecule has 1 aromatic heterocycles. The summed E-state index contributed by atoms with van der Waals surface area (Å²) in [6.45, 7) is 3.33. The highest BCUT2D eigenvalue weighted by Crippen LogP contribution is 2.25. The van der Waals surface area contributed by atoms with Crippen LogP contribution in [0.15, 0.2) is 46.9 Å². The Kier molecular flexibility index (Phi) is 3.83. The van der Waals surface area contributed by atoms with Gasteiger partial charge < -0.3 is 9.30 Å². The van der Waals surface area contributed by atoms with Gasteiger partial charge in [0.2, 0.25) is 0 Å². The van der Waals surface area contributed by atoms with Crippen molar-refractivity contribution >= 4 is 27.0 Å². The van der Waals surface area contributed by atoms with Gasteiger partial charge in [-0.25, -0.2) is 4.98 Å². The Bertz CT molecular complexity index is 859. The van der Waals surface area contributed by atoms with Crippen LogP contribution in [0.4, 0.5) is 0 Å². The number of benzene rings is 2. The van der Waals surface area contributed by atoms with Crippen molar-refractivity contribution in [1.82, 2.24) is 14.5 Å². The monoisotopic (exact) mass is 371 g/mol. The van der Waals surface area contributed by atoms with E-state index in [-0.39, 0.29) is 0 Å². The zero-order valence-electron chi connectivity index (χ0n) is 13.0. The average Bonchev–Trinajstić information content (AvgIpc) is 2.73. The van der Waals surface area contributed by atoms with Gasteiger partial charge in [0.05, 0.1) is 17.6 Å². The Balaban J connectivity index is 1.62. The number of nitrogens with zero attached hydrogens (tertiary/aromatic N) is 3. The van der Waals surface area contributed by atoms with E-state index in [2.05, 4.69) is 56.7 Å². The summed E-state index contributed by atoms with van der Waals surface area (Å²) in [6.07, 6.45) is 0. The van der Waals surface area contributed by atoms with Gasteiger partial charge in [-0.2, -0.15) is 0 Å². The van der Waals surface area contributed by atoms with Crippen molar-refractivity contribution in [3.63, 3.8) is 0 Å². The van der Waals surface area contributed by atoms with Crippen LogP contribution in [0.5, 0.6) is 5.75 Å². The molecule has 0 saturated carbocycles. The normalized spacial score (nSPS) is 15.2. The first-order chi connectivity index (χ1) is 11.2. The van der Waals surface area contributed by atoms with Gasteiger partial charge >= 0.3 is 0 Å². The fraction of sp³-hybridized carbons (Fsp3) is 0.278. The van der Waals surface area contributed by atoms with Gasteiger partial charge in [-0.3, -0.25) is 4.90 Å². The topological polar surface area (TPSA) is 30.3 Å². The number of hydrogen-bond acceptors (Lipinski definition) is 3. The van der Waals surface area contributed by atoms with Crippen molar-refractivity contribution in [3.8, 4) is 5.75 Å². The molecule has 4 nitrogen and oxygen atoms in total. The molecule has 1 aliphatic rings. The third-order valence-electron chi connectivity index (χ3n) is 4.33. The first-order valence-electron chi connectivity index (χ1n) is 7.74. The molecule has 0 aliphatic carbocycles. The van der Waals surface area contributed by atoms with Gasteiger partial charge in [0.25, 0.3) is 0 Å². The molecule has 0 fully saturated rings. The van der Waals surface area contributed by atoms with Crippen LogP contribution in [0.25, 0.3) is 11.0 Å². The van der Waals surface area contributed by atoms with Crippen molar-refractivity contribution in [3.05, 3.63) is 58.3 Å². The van der Waals surface area contributed by atoms with Gasteiger partial charge in [-0.05, 0) is 24.3 Å². The summed E-state index contributed by atoms with van der Waals surface area (Å²) in [7, 11) is 2.08. The van der Waals surface area contributed by atoms with Gasteiger partial charge in [-0.1, -0.05) is 34.1 Å². The van der Waals surface area contributed by atoms with Gasteiger partial charge in [0.1, 0.15) is 18.2 Å². The standard InChI is InChI=1S/C18H18BrN3O/c1-21-16-10-14(19)6-7-15(16)20-18(21)12-22-8-9-23-17-5-3-2-4-13(17)11-22/h2-7,10H,8-9,11-12H2,1H3. The number of halogens is 1. The minimum atomic E-state index is 0.715. The van der Waals surface area contributed by atoms with Crippen molar-refractivity contribution in [2.75, 3.05) is 13.2 Å². The zero-order chi connectivity index (χ0) is 15.8. The molecular formula is C18H18BrN3O. The average molecular weight is 372 g/mol. The van der Waals surface area contributed by atoms with Gasteiger partial charge in [0.15, 0.2) is 0 Å². The number of imidazole rings is 1. The summed E-state index contributed by atoms with van der Waals surface area (Å²) in [5.41, 5.74) is 3.43. The molecule has 0 amide bonds. The van der Waals surface area contributed by atoms with E-state index in [0.29, 0.717) is 6.61 Å². The lowest BCUT2D eigenvalue weighted by atomic mass is 10.2. The molecule has 0 unspecified atom stereocenters. The molecule has 118 valence electrons. The summed E-state index contributed by atoms with van der Waals surface area (Å²) in [6, 6.07) is 14.5. The minimum absolute atomic E-state index is 0.715. The third kappa shape index (κ3) is 2.86. The first-order valence-corrected chi connectivity index (χ1v) is 8.54. The Morgan fingerprint density at radius 1 is 1.22 bits per heavy atom. The second-order valence-corrected chi connectivity index (χ2v) is 6.80. The highest BCUT2D eigenvalue weighted by Gasteiger charge is 2.17. The Hall–Kier alpha value is -1.85. The lowest BCUT2D eigenvalue weighted by Gasteiger charge is -2.18. The molecule has 1 aliphatic heterocycles. The number of para-hydroxylation sites is 1. The van der Waals surface area contributed by atoms with E-state index >= 15 is 0 Å². The molecular weight excluding hydrogens is 354 g/mol. The zero-order valence-corrected chi connectivity index (χ0v) is 14.6. The van der Waals surface area contributed by atoms with Crippen LogP contribution < -0.4 is 4.74 Å². The highest BCUT2D eigenvalue weighted by molar-refractivity contribution is 9.10.